The van der Waals surface area contributed by atoms with Gasteiger partial charge in [0.25, 0.3) is 11.6 Å². The van der Waals surface area contributed by atoms with Crippen LogP contribution in [0.15, 0.2) is 41.5 Å². The maximum absolute atomic E-state index is 12.7. The van der Waals surface area contributed by atoms with Gasteiger partial charge < -0.3 is 0 Å². The lowest BCUT2D eigenvalue weighted by Crippen LogP contribution is -2.30. The van der Waals surface area contributed by atoms with Gasteiger partial charge in [-0.2, -0.15) is 15.2 Å². The van der Waals surface area contributed by atoms with Crippen LogP contribution < -0.4 is 10.7 Å². The topological polar surface area (TPSA) is 138 Å². The average Bonchev–Trinajstić information content (AvgIpc) is 3.10. The zero-order valence-electron chi connectivity index (χ0n) is 16.3. The van der Waals surface area contributed by atoms with Gasteiger partial charge >= 0.3 is 0 Å². The summed E-state index contributed by atoms with van der Waals surface area (Å²) in [4.78, 5) is 39.9. The van der Waals surface area contributed by atoms with E-state index in [1.54, 1.807) is 13.0 Å². The van der Waals surface area contributed by atoms with Gasteiger partial charge in [-0.15, -0.1) is 0 Å². The molecule has 0 fully saturated rings. The summed E-state index contributed by atoms with van der Waals surface area (Å²) in [5.41, 5.74) is -1.20. The van der Waals surface area contributed by atoms with Gasteiger partial charge in [-0.25, -0.2) is 9.36 Å². The average molecular weight is 397 g/mol. The molecule has 1 amide bonds. The highest BCUT2D eigenvalue weighted by Crippen LogP contribution is 2.22. The molecule has 0 aliphatic rings. The lowest BCUT2D eigenvalue weighted by molar-refractivity contribution is -0.384. The third-order valence-electron chi connectivity index (χ3n) is 4.04. The van der Waals surface area contributed by atoms with E-state index < -0.39 is 27.5 Å². The van der Waals surface area contributed by atoms with Crippen LogP contribution in [0, 0.1) is 17.0 Å². The Bertz CT molecular complexity index is 1160. The number of carbonyl (C=O) groups is 1. The van der Waals surface area contributed by atoms with Crippen LogP contribution in [0.4, 0.5) is 11.6 Å². The molecule has 11 nitrogen and oxygen atoms in total. The second-order valence-electron chi connectivity index (χ2n) is 7.28. The standard InChI is InChI=1S/C18H19N7O4/c1-11-9-14(26)15(16(27)21-17-19-10-20-24(17)18(2,3)4)22-23(11)12-7-5-6-8-13(12)25(28)29/h5-10H,1-4H3,(H,19,20,21,27). The van der Waals surface area contributed by atoms with E-state index >= 15 is 0 Å². The first kappa shape index (κ1) is 19.9. The van der Waals surface area contributed by atoms with E-state index in [-0.39, 0.29) is 17.3 Å². The third-order valence-corrected chi connectivity index (χ3v) is 4.04. The van der Waals surface area contributed by atoms with E-state index in [9.17, 15) is 19.7 Å². The molecule has 1 aromatic carbocycles. The molecule has 2 heterocycles. The van der Waals surface area contributed by atoms with Crippen LogP contribution in [-0.2, 0) is 5.54 Å². The fraction of sp³-hybridized carbons (Fsp3) is 0.278. The van der Waals surface area contributed by atoms with Crippen LogP contribution in [-0.4, -0.2) is 35.4 Å². The van der Waals surface area contributed by atoms with Crippen molar-refractivity contribution < 1.29 is 9.72 Å². The Morgan fingerprint density at radius 1 is 1.24 bits per heavy atom. The van der Waals surface area contributed by atoms with Crippen molar-refractivity contribution in [3.63, 3.8) is 0 Å². The number of nitro benzene ring substituents is 1. The fourth-order valence-corrected chi connectivity index (χ4v) is 2.72. The summed E-state index contributed by atoms with van der Waals surface area (Å²) < 4.78 is 2.70. The molecule has 0 saturated carbocycles. The lowest BCUT2D eigenvalue weighted by atomic mass is 10.1. The number of benzene rings is 1. The summed E-state index contributed by atoms with van der Waals surface area (Å²) in [5, 5.41) is 22.0. The van der Waals surface area contributed by atoms with Crippen molar-refractivity contribution in [2.75, 3.05) is 5.32 Å². The number of amides is 1. The van der Waals surface area contributed by atoms with Crippen LogP contribution in [0.25, 0.3) is 5.69 Å². The predicted molar refractivity (Wildman–Crippen MR) is 104 cm³/mol. The number of aromatic nitrogens is 5. The van der Waals surface area contributed by atoms with E-state index in [1.165, 1.54) is 40.0 Å². The second-order valence-corrected chi connectivity index (χ2v) is 7.28. The molecule has 1 N–H and O–H groups in total. The summed E-state index contributed by atoms with van der Waals surface area (Å²) >= 11 is 0. The number of nitrogens with zero attached hydrogens (tertiary/aromatic N) is 6. The molecule has 150 valence electrons. The quantitative estimate of drug-likeness (QED) is 0.525. The zero-order valence-corrected chi connectivity index (χ0v) is 16.3. The van der Waals surface area contributed by atoms with Gasteiger partial charge in [0.2, 0.25) is 11.4 Å². The molecule has 2 aromatic heterocycles. The molecule has 0 aliphatic heterocycles. The summed E-state index contributed by atoms with van der Waals surface area (Å²) in [6, 6.07) is 7.13. The molecule has 0 radical (unpaired) electrons. The minimum atomic E-state index is -0.791. The largest absolute Gasteiger partial charge is 0.294 e. The second kappa shape index (κ2) is 7.26. The summed E-state index contributed by atoms with van der Waals surface area (Å²) in [6.45, 7) is 7.21. The molecule has 3 rings (SSSR count). The van der Waals surface area contributed by atoms with E-state index in [1.807, 2.05) is 20.8 Å². The Morgan fingerprint density at radius 2 is 1.93 bits per heavy atom. The number of carbonyl (C=O) groups excluding carboxylic acids is 1. The zero-order chi connectivity index (χ0) is 21.3. The van der Waals surface area contributed by atoms with Crippen molar-refractivity contribution in [1.29, 1.82) is 0 Å². The number of rotatable bonds is 4. The monoisotopic (exact) mass is 397 g/mol. The molecule has 0 spiro atoms. The maximum Gasteiger partial charge on any atom is 0.294 e. The molecule has 0 saturated heterocycles. The van der Waals surface area contributed by atoms with E-state index in [0.29, 0.717) is 5.69 Å². The fourth-order valence-electron chi connectivity index (χ4n) is 2.72. The van der Waals surface area contributed by atoms with Crippen molar-refractivity contribution in [3.05, 3.63) is 68.4 Å². The van der Waals surface area contributed by atoms with Gasteiger partial charge in [-0.05, 0) is 33.8 Å². The van der Waals surface area contributed by atoms with Crippen LogP contribution in [0.1, 0.15) is 37.0 Å². The summed E-state index contributed by atoms with van der Waals surface area (Å²) in [5.74, 6) is -0.637. The summed E-state index contributed by atoms with van der Waals surface area (Å²) in [6.07, 6.45) is 1.29. The Balaban J connectivity index is 2.06. The van der Waals surface area contributed by atoms with Gasteiger partial charge in [-0.3, -0.25) is 25.0 Å². The van der Waals surface area contributed by atoms with Crippen molar-refractivity contribution in [1.82, 2.24) is 24.5 Å². The van der Waals surface area contributed by atoms with Gasteiger partial charge in [0, 0.05) is 17.8 Å². The van der Waals surface area contributed by atoms with Crippen molar-refractivity contribution >= 4 is 17.5 Å². The van der Waals surface area contributed by atoms with Crippen molar-refractivity contribution in [2.45, 2.75) is 33.2 Å². The van der Waals surface area contributed by atoms with Crippen LogP contribution in [0.2, 0.25) is 0 Å². The Labute approximate surface area is 165 Å². The van der Waals surface area contributed by atoms with Gasteiger partial charge in [0.05, 0.1) is 10.5 Å². The number of hydrogen-bond acceptors (Lipinski definition) is 7. The smallest absolute Gasteiger partial charge is 0.289 e. The van der Waals surface area contributed by atoms with Gasteiger partial charge in [-0.1, -0.05) is 12.1 Å². The lowest BCUT2D eigenvalue weighted by Gasteiger charge is -2.20. The van der Waals surface area contributed by atoms with Crippen LogP contribution in [0.5, 0.6) is 0 Å². The number of nitrogens with one attached hydrogen (secondary N) is 1. The minimum Gasteiger partial charge on any atom is -0.289 e. The molecule has 29 heavy (non-hydrogen) atoms. The first-order valence-corrected chi connectivity index (χ1v) is 8.66. The highest BCUT2D eigenvalue weighted by molar-refractivity contribution is 6.01. The molecule has 0 bridgehead atoms. The highest BCUT2D eigenvalue weighted by atomic mass is 16.6. The minimum absolute atomic E-state index is 0.141. The van der Waals surface area contributed by atoms with Gasteiger partial charge in [0.1, 0.15) is 12.0 Å². The molecule has 0 unspecified atom stereocenters. The van der Waals surface area contributed by atoms with Crippen molar-refractivity contribution in [2.24, 2.45) is 0 Å². The molecular weight excluding hydrogens is 378 g/mol. The molecule has 0 atom stereocenters. The molecular formula is C18H19N7O4. The van der Waals surface area contributed by atoms with E-state index in [2.05, 4.69) is 20.5 Å². The number of hydrogen-bond donors (Lipinski definition) is 1. The Kier molecular flexibility index (Phi) is 4.97. The SMILES string of the molecule is Cc1cc(=O)c(C(=O)Nc2ncnn2C(C)(C)C)nn1-c1ccccc1[N+](=O)[O-]. The number of anilines is 1. The van der Waals surface area contributed by atoms with E-state index in [0.717, 1.165) is 0 Å². The number of nitro groups is 1. The Hall–Kier alpha value is -3.89. The predicted octanol–water partition coefficient (Wildman–Crippen LogP) is 2.05. The van der Waals surface area contributed by atoms with Crippen LogP contribution >= 0.6 is 0 Å². The highest BCUT2D eigenvalue weighted by Gasteiger charge is 2.23. The molecule has 0 aliphatic carbocycles. The van der Waals surface area contributed by atoms with Gasteiger partial charge in [0.15, 0.2) is 5.69 Å². The first-order valence-electron chi connectivity index (χ1n) is 8.66. The first-order chi connectivity index (χ1) is 13.6. The van der Waals surface area contributed by atoms with Crippen molar-refractivity contribution in [3.8, 4) is 5.69 Å². The number of para-hydroxylation sites is 2. The molecule has 3 aromatic rings. The summed E-state index contributed by atoms with van der Waals surface area (Å²) in [7, 11) is 0. The molecule has 11 heteroatoms. The van der Waals surface area contributed by atoms with E-state index in [4.69, 9.17) is 0 Å². The number of aryl methyl sites for hydroxylation is 1. The maximum atomic E-state index is 12.7. The normalized spacial score (nSPS) is 11.3. The van der Waals surface area contributed by atoms with Crippen LogP contribution in [0.3, 0.4) is 0 Å². The Morgan fingerprint density at radius 3 is 2.59 bits per heavy atom. The third kappa shape index (κ3) is 3.88.